The molecule has 0 saturated heterocycles. The van der Waals surface area contributed by atoms with Crippen molar-refractivity contribution >= 4 is 11.9 Å². The molecule has 2 aromatic rings. The average Bonchev–Trinajstić information content (AvgIpc) is 2.48. The summed E-state index contributed by atoms with van der Waals surface area (Å²) in [5.74, 6) is -2.46. The number of phenols is 2. The molecule has 2 aromatic carbocycles. The van der Waals surface area contributed by atoms with Crippen LogP contribution in [0.4, 0.5) is 8.78 Å². The summed E-state index contributed by atoms with van der Waals surface area (Å²) in [6.45, 7) is -0.00803. The first-order chi connectivity index (χ1) is 10.5. The zero-order chi connectivity index (χ0) is 16.1. The van der Waals surface area contributed by atoms with E-state index in [2.05, 4.69) is 4.99 Å². The highest BCUT2D eigenvalue weighted by atomic mass is 19.1. The first-order valence-electron chi connectivity index (χ1n) is 6.49. The van der Waals surface area contributed by atoms with Gasteiger partial charge in [0.25, 0.3) is 0 Å². The molecule has 0 aliphatic heterocycles. The lowest BCUT2D eigenvalue weighted by atomic mass is 10.1. The fourth-order valence-corrected chi connectivity index (χ4v) is 1.88. The van der Waals surface area contributed by atoms with Crippen molar-refractivity contribution in [2.24, 2.45) is 4.99 Å². The first-order valence-corrected chi connectivity index (χ1v) is 6.49. The number of rotatable bonds is 5. The number of phenolic OH excluding ortho intramolecular Hbond substituents is 2. The highest BCUT2D eigenvalue weighted by molar-refractivity contribution is 5.89. The molecular weight excluding hydrogens is 290 g/mol. The van der Waals surface area contributed by atoms with Gasteiger partial charge in [-0.05, 0) is 18.2 Å². The van der Waals surface area contributed by atoms with Crippen molar-refractivity contribution in [3.05, 3.63) is 59.2 Å². The maximum absolute atomic E-state index is 13.2. The summed E-state index contributed by atoms with van der Waals surface area (Å²) in [6.07, 6.45) is 1.31. The number of aromatic hydroxyl groups is 2. The maximum Gasteiger partial charge on any atom is 0.165 e. The van der Waals surface area contributed by atoms with E-state index in [1.165, 1.54) is 30.5 Å². The minimum atomic E-state index is -0.747. The number of nitrogens with zero attached hydrogens (tertiary/aromatic N) is 1. The van der Waals surface area contributed by atoms with E-state index >= 15 is 0 Å². The lowest BCUT2D eigenvalue weighted by Gasteiger charge is -2.05. The van der Waals surface area contributed by atoms with Gasteiger partial charge >= 0.3 is 0 Å². The highest BCUT2D eigenvalue weighted by Crippen LogP contribution is 2.21. The second kappa shape index (κ2) is 6.80. The van der Waals surface area contributed by atoms with Gasteiger partial charge in [-0.2, -0.15) is 0 Å². The second-order valence-electron chi connectivity index (χ2n) is 4.68. The van der Waals surface area contributed by atoms with Crippen LogP contribution in [-0.4, -0.2) is 28.7 Å². The van der Waals surface area contributed by atoms with Gasteiger partial charge in [0, 0.05) is 29.5 Å². The fraction of sp³-hybridized carbons (Fsp3) is 0.125. The van der Waals surface area contributed by atoms with E-state index in [1.54, 1.807) is 0 Å². The molecule has 0 bridgehead atoms. The minimum absolute atomic E-state index is 0.00803. The zero-order valence-electron chi connectivity index (χ0n) is 11.6. The van der Waals surface area contributed by atoms with Crippen molar-refractivity contribution in [2.75, 3.05) is 6.54 Å². The van der Waals surface area contributed by atoms with Crippen molar-refractivity contribution in [3.63, 3.8) is 0 Å². The summed E-state index contributed by atoms with van der Waals surface area (Å²) < 4.78 is 26.3. The Balaban J connectivity index is 1.99. The minimum Gasteiger partial charge on any atom is -0.505 e. The number of aliphatic imine (C=N–C) groups is 1. The van der Waals surface area contributed by atoms with Gasteiger partial charge in [-0.3, -0.25) is 4.99 Å². The standard InChI is InChI=1S/C16H14F2N2O2/c17-13-5-1-3-10(15(13)21)7-12(19)9-20-8-11-4-2-6-14(18)16(11)22/h1-6,8,19,21-22H,7,9H2. The van der Waals surface area contributed by atoms with E-state index < -0.39 is 23.1 Å². The van der Waals surface area contributed by atoms with Crippen LogP contribution < -0.4 is 0 Å². The molecule has 0 amide bonds. The van der Waals surface area contributed by atoms with Crippen LogP contribution in [0.25, 0.3) is 0 Å². The molecule has 0 aliphatic rings. The molecule has 0 radical (unpaired) electrons. The molecule has 4 nitrogen and oxygen atoms in total. The van der Waals surface area contributed by atoms with E-state index in [0.29, 0.717) is 5.56 Å². The summed E-state index contributed by atoms with van der Waals surface area (Å²) in [4.78, 5) is 3.94. The molecule has 3 N–H and O–H groups in total. The Morgan fingerprint density at radius 1 is 1.05 bits per heavy atom. The fourth-order valence-electron chi connectivity index (χ4n) is 1.88. The van der Waals surface area contributed by atoms with E-state index in [1.807, 2.05) is 0 Å². The van der Waals surface area contributed by atoms with E-state index in [4.69, 9.17) is 5.41 Å². The molecule has 0 spiro atoms. The molecule has 0 aliphatic carbocycles. The number of benzene rings is 2. The average molecular weight is 304 g/mol. The number of hydrogen-bond donors (Lipinski definition) is 3. The first kappa shape index (κ1) is 15.6. The lowest BCUT2D eigenvalue weighted by Crippen LogP contribution is -2.06. The van der Waals surface area contributed by atoms with Crippen LogP contribution in [-0.2, 0) is 6.42 Å². The summed E-state index contributed by atoms with van der Waals surface area (Å²) in [5.41, 5.74) is 0.656. The predicted molar refractivity (Wildman–Crippen MR) is 80.0 cm³/mol. The van der Waals surface area contributed by atoms with Crippen LogP contribution >= 0.6 is 0 Å². The second-order valence-corrected chi connectivity index (χ2v) is 4.68. The molecule has 6 heteroatoms. The quantitative estimate of drug-likeness (QED) is 0.742. The molecular formula is C16H14F2N2O2. The normalized spacial score (nSPS) is 11.0. The van der Waals surface area contributed by atoms with Crippen LogP contribution in [0.2, 0.25) is 0 Å². The summed E-state index contributed by atoms with van der Waals surface area (Å²) >= 11 is 0. The number of nitrogens with one attached hydrogen (secondary N) is 1. The molecule has 114 valence electrons. The number of para-hydroxylation sites is 2. The van der Waals surface area contributed by atoms with Crippen LogP contribution in [0.3, 0.4) is 0 Å². The molecule has 0 unspecified atom stereocenters. The SMILES string of the molecule is N=C(CN=Cc1cccc(F)c1O)Cc1cccc(F)c1O. The Morgan fingerprint density at radius 2 is 1.68 bits per heavy atom. The monoisotopic (exact) mass is 304 g/mol. The van der Waals surface area contributed by atoms with Gasteiger partial charge in [0.1, 0.15) is 0 Å². The van der Waals surface area contributed by atoms with Crippen molar-refractivity contribution in [2.45, 2.75) is 6.42 Å². The van der Waals surface area contributed by atoms with Gasteiger partial charge in [-0.15, -0.1) is 0 Å². The van der Waals surface area contributed by atoms with Crippen LogP contribution in [0.5, 0.6) is 11.5 Å². The number of hydrogen-bond acceptors (Lipinski definition) is 4. The van der Waals surface area contributed by atoms with Crippen molar-refractivity contribution in [3.8, 4) is 11.5 Å². The Morgan fingerprint density at radius 3 is 2.41 bits per heavy atom. The predicted octanol–water partition coefficient (Wildman–Crippen LogP) is 3.06. The van der Waals surface area contributed by atoms with Gasteiger partial charge < -0.3 is 15.6 Å². The molecule has 0 aromatic heterocycles. The third kappa shape index (κ3) is 3.66. The van der Waals surface area contributed by atoms with Gasteiger partial charge in [-0.25, -0.2) is 8.78 Å². The highest BCUT2D eigenvalue weighted by Gasteiger charge is 2.08. The molecule has 0 saturated carbocycles. The van der Waals surface area contributed by atoms with E-state index in [0.717, 1.165) is 12.1 Å². The van der Waals surface area contributed by atoms with Gasteiger partial charge in [0.15, 0.2) is 23.1 Å². The summed E-state index contributed by atoms with van der Waals surface area (Å²) in [6, 6.07) is 8.16. The van der Waals surface area contributed by atoms with Gasteiger partial charge in [-0.1, -0.05) is 18.2 Å². The van der Waals surface area contributed by atoms with E-state index in [9.17, 15) is 19.0 Å². The van der Waals surface area contributed by atoms with E-state index in [-0.39, 0.29) is 24.2 Å². The molecule has 0 atom stereocenters. The van der Waals surface area contributed by atoms with Gasteiger partial charge in [0.05, 0.1) is 6.54 Å². The van der Waals surface area contributed by atoms with Crippen LogP contribution in [0.15, 0.2) is 41.4 Å². The maximum atomic E-state index is 13.2. The summed E-state index contributed by atoms with van der Waals surface area (Å²) in [5, 5.41) is 26.8. The molecule has 0 heterocycles. The smallest absolute Gasteiger partial charge is 0.165 e. The number of halogens is 2. The third-order valence-electron chi connectivity index (χ3n) is 3.00. The Labute approximate surface area is 125 Å². The topological polar surface area (TPSA) is 76.7 Å². The Kier molecular flexibility index (Phi) is 4.83. The molecule has 0 fully saturated rings. The molecule has 2 rings (SSSR count). The lowest BCUT2D eigenvalue weighted by molar-refractivity contribution is 0.427. The Hall–Kier alpha value is -2.76. The third-order valence-corrected chi connectivity index (χ3v) is 3.00. The van der Waals surface area contributed by atoms with Crippen molar-refractivity contribution in [1.29, 1.82) is 5.41 Å². The largest absolute Gasteiger partial charge is 0.505 e. The molecule has 22 heavy (non-hydrogen) atoms. The van der Waals surface area contributed by atoms with Crippen LogP contribution in [0, 0.1) is 17.0 Å². The zero-order valence-corrected chi connectivity index (χ0v) is 11.6. The van der Waals surface area contributed by atoms with Crippen molar-refractivity contribution < 1.29 is 19.0 Å². The Bertz CT molecular complexity index is 730. The summed E-state index contributed by atoms with van der Waals surface area (Å²) in [7, 11) is 0. The van der Waals surface area contributed by atoms with Crippen molar-refractivity contribution in [1.82, 2.24) is 0 Å². The van der Waals surface area contributed by atoms with Crippen LogP contribution in [0.1, 0.15) is 11.1 Å². The van der Waals surface area contributed by atoms with Gasteiger partial charge in [0.2, 0.25) is 0 Å².